The molecule has 0 fully saturated rings. The van der Waals surface area contributed by atoms with Crippen LogP contribution in [0.25, 0.3) is 0 Å². The number of carbonyl (C=O) groups excluding carboxylic acids is 3. The minimum absolute atomic E-state index is 0.177. The standard InChI is InChI=1S/C13H22N4O8S/c1-5(18)10(14)12(23)17-6(2-9(20)21)11(22)15-3-8(19)16-7(4-26)13(24)25/h5-7,10,18,26H,2-4,14H2,1H3,(H,15,22)(H,16,19)(H,17,23)(H,20,21)(H,24,25). The number of carboxylic acids is 2. The molecule has 0 aliphatic rings. The predicted molar refractivity (Wildman–Crippen MR) is 90.3 cm³/mol. The number of carbonyl (C=O) groups is 5. The average Bonchev–Trinajstić information content (AvgIpc) is 2.55. The van der Waals surface area contributed by atoms with E-state index < -0.39 is 66.9 Å². The molecule has 13 heteroatoms. The van der Waals surface area contributed by atoms with Crippen LogP contribution in [0.3, 0.4) is 0 Å². The zero-order valence-electron chi connectivity index (χ0n) is 13.8. The zero-order chi connectivity index (χ0) is 20.4. The van der Waals surface area contributed by atoms with Crippen LogP contribution < -0.4 is 21.7 Å². The normalized spacial score (nSPS) is 15.1. The van der Waals surface area contributed by atoms with Gasteiger partial charge in [0.2, 0.25) is 17.7 Å². The molecule has 4 unspecified atom stereocenters. The van der Waals surface area contributed by atoms with Crippen molar-refractivity contribution in [2.45, 2.75) is 37.6 Å². The van der Waals surface area contributed by atoms with Crippen LogP contribution in [0.1, 0.15) is 13.3 Å². The summed E-state index contributed by atoms with van der Waals surface area (Å²) in [5, 5.41) is 33.1. The van der Waals surface area contributed by atoms with E-state index in [2.05, 4.69) is 28.6 Å². The lowest BCUT2D eigenvalue weighted by molar-refractivity contribution is -0.142. The van der Waals surface area contributed by atoms with Crippen molar-refractivity contribution < 1.29 is 39.3 Å². The molecule has 0 aromatic rings. The molecule has 0 heterocycles. The van der Waals surface area contributed by atoms with E-state index in [4.69, 9.17) is 15.9 Å². The molecule has 8 N–H and O–H groups in total. The molecule has 0 bridgehead atoms. The Morgan fingerprint density at radius 3 is 2.04 bits per heavy atom. The number of aliphatic carboxylic acids is 2. The molecule has 0 aromatic heterocycles. The Bertz CT molecular complexity index is 556. The highest BCUT2D eigenvalue weighted by Crippen LogP contribution is 1.97. The molecule has 0 saturated heterocycles. The minimum Gasteiger partial charge on any atom is -0.481 e. The van der Waals surface area contributed by atoms with Gasteiger partial charge in [0.1, 0.15) is 18.1 Å². The Hall–Kier alpha value is -2.38. The Morgan fingerprint density at radius 2 is 1.62 bits per heavy atom. The Morgan fingerprint density at radius 1 is 1.04 bits per heavy atom. The van der Waals surface area contributed by atoms with Gasteiger partial charge in [-0.3, -0.25) is 19.2 Å². The number of aliphatic hydroxyl groups is 1. The van der Waals surface area contributed by atoms with Crippen molar-refractivity contribution in [2.24, 2.45) is 5.73 Å². The molecule has 0 aliphatic carbocycles. The average molecular weight is 394 g/mol. The molecule has 12 nitrogen and oxygen atoms in total. The molecular formula is C13H22N4O8S. The van der Waals surface area contributed by atoms with Gasteiger partial charge in [0, 0.05) is 5.75 Å². The maximum Gasteiger partial charge on any atom is 0.327 e. The number of nitrogens with one attached hydrogen (secondary N) is 3. The third-order valence-electron chi connectivity index (χ3n) is 3.07. The molecule has 26 heavy (non-hydrogen) atoms. The maximum absolute atomic E-state index is 12.0. The fourth-order valence-corrected chi connectivity index (χ4v) is 1.84. The minimum atomic E-state index is -1.54. The molecule has 0 spiro atoms. The van der Waals surface area contributed by atoms with Gasteiger partial charge in [-0.1, -0.05) is 0 Å². The summed E-state index contributed by atoms with van der Waals surface area (Å²) in [6.07, 6.45) is -2.02. The topological polar surface area (TPSA) is 208 Å². The highest BCUT2D eigenvalue weighted by molar-refractivity contribution is 7.80. The summed E-state index contributed by atoms with van der Waals surface area (Å²) in [6, 6.07) is -4.19. The number of nitrogens with two attached hydrogens (primary N) is 1. The molecule has 0 rings (SSSR count). The number of hydrogen-bond acceptors (Lipinski definition) is 8. The van der Waals surface area contributed by atoms with Crippen molar-refractivity contribution >= 4 is 42.3 Å². The first-order valence-electron chi connectivity index (χ1n) is 7.36. The van der Waals surface area contributed by atoms with Gasteiger partial charge in [-0.25, -0.2) is 4.79 Å². The van der Waals surface area contributed by atoms with Gasteiger partial charge >= 0.3 is 11.9 Å². The monoisotopic (exact) mass is 394 g/mol. The van der Waals surface area contributed by atoms with Gasteiger partial charge < -0.3 is 37.0 Å². The molecule has 148 valence electrons. The second-order valence-corrected chi connectivity index (χ2v) is 5.65. The lowest BCUT2D eigenvalue weighted by atomic mass is 10.1. The SMILES string of the molecule is CC(O)C(N)C(=O)NC(CC(=O)O)C(=O)NCC(=O)NC(CS)C(=O)O. The van der Waals surface area contributed by atoms with E-state index in [1.165, 1.54) is 6.92 Å². The van der Waals surface area contributed by atoms with Crippen LogP contribution in [0.5, 0.6) is 0 Å². The third-order valence-corrected chi connectivity index (χ3v) is 3.44. The van der Waals surface area contributed by atoms with Gasteiger partial charge in [0.05, 0.1) is 19.1 Å². The Balaban J connectivity index is 4.79. The molecule has 0 saturated carbocycles. The number of aliphatic hydroxyl groups excluding tert-OH is 1. The van der Waals surface area contributed by atoms with Crippen molar-refractivity contribution in [3.63, 3.8) is 0 Å². The van der Waals surface area contributed by atoms with Crippen LogP contribution in [-0.2, 0) is 24.0 Å². The largest absolute Gasteiger partial charge is 0.481 e. The lowest BCUT2D eigenvalue weighted by Crippen LogP contribution is -2.56. The fraction of sp³-hybridized carbons (Fsp3) is 0.615. The van der Waals surface area contributed by atoms with E-state index in [0.717, 1.165) is 0 Å². The summed E-state index contributed by atoms with van der Waals surface area (Å²) < 4.78 is 0. The zero-order valence-corrected chi connectivity index (χ0v) is 14.7. The summed E-state index contributed by atoms with van der Waals surface area (Å²) in [7, 11) is 0. The van der Waals surface area contributed by atoms with Crippen molar-refractivity contribution in [3.05, 3.63) is 0 Å². The number of thiol groups is 1. The highest BCUT2D eigenvalue weighted by Gasteiger charge is 2.28. The van der Waals surface area contributed by atoms with Crippen molar-refractivity contribution in [3.8, 4) is 0 Å². The van der Waals surface area contributed by atoms with Gasteiger partial charge in [-0.2, -0.15) is 12.6 Å². The van der Waals surface area contributed by atoms with Crippen LogP contribution in [0.4, 0.5) is 0 Å². The van der Waals surface area contributed by atoms with Crippen molar-refractivity contribution in [1.29, 1.82) is 0 Å². The van der Waals surface area contributed by atoms with Crippen LogP contribution in [0.2, 0.25) is 0 Å². The van der Waals surface area contributed by atoms with Crippen LogP contribution in [-0.4, -0.2) is 81.5 Å². The summed E-state index contributed by atoms with van der Waals surface area (Å²) in [5.74, 6) is -5.69. The second kappa shape index (κ2) is 11.3. The summed E-state index contributed by atoms with van der Waals surface area (Å²) >= 11 is 3.75. The fourth-order valence-electron chi connectivity index (χ4n) is 1.59. The Kier molecular flexibility index (Phi) is 10.2. The van der Waals surface area contributed by atoms with E-state index >= 15 is 0 Å². The molecule has 0 aromatic carbocycles. The first kappa shape index (κ1) is 23.6. The number of amides is 3. The number of carboxylic acid groups (broad SMARTS) is 2. The lowest BCUT2D eigenvalue weighted by Gasteiger charge is -2.20. The predicted octanol–water partition coefficient (Wildman–Crippen LogP) is -3.73. The van der Waals surface area contributed by atoms with E-state index in [0.29, 0.717) is 0 Å². The van der Waals surface area contributed by atoms with E-state index in [9.17, 15) is 29.1 Å². The summed E-state index contributed by atoms with van der Waals surface area (Å²) in [5.41, 5.74) is 5.39. The molecule has 3 amide bonds. The van der Waals surface area contributed by atoms with Crippen molar-refractivity contribution in [2.75, 3.05) is 12.3 Å². The molecule has 0 radical (unpaired) electrons. The van der Waals surface area contributed by atoms with Crippen molar-refractivity contribution in [1.82, 2.24) is 16.0 Å². The van der Waals surface area contributed by atoms with Gasteiger partial charge in [-0.05, 0) is 6.92 Å². The summed E-state index contributed by atoms with van der Waals surface area (Å²) in [6.45, 7) is 0.589. The van der Waals surface area contributed by atoms with Crippen LogP contribution >= 0.6 is 12.6 Å². The van der Waals surface area contributed by atoms with Gasteiger partial charge in [0.25, 0.3) is 0 Å². The van der Waals surface area contributed by atoms with Gasteiger partial charge in [0.15, 0.2) is 0 Å². The quantitative estimate of drug-likeness (QED) is 0.162. The Labute approximate surface area is 153 Å². The highest BCUT2D eigenvalue weighted by atomic mass is 32.1. The van der Waals surface area contributed by atoms with Gasteiger partial charge in [-0.15, -0.1) is 0 Å². The molecule has 4 atom stereocenters. The smallest absolute Gasteiger partial charge is 0.327 e. The molecule has 0 aliphatic heterocycles. The maximum atomic E-state index is 12.0. The van der Waals surface area contributed by atoms with E-state index in [1.54, 1.807) is 0 Å². The number of hydrogen-bond donors (Lipinski definition) is 8. The second-order valence-electron chi connectivity index (χ2n) is 5.28. The van der Waals surface area contributed by atoms with Crippen LogP contribution in [0, 0.1) is 0 Å². The molecular weight excluding hydrogens is 372 g/mol. The summed E-state index contributed by atoms with van der Waals surface area (Å²) in [4.78, 5) is 57.0. The van der Waals surface area contributed by atoms with E-state index in [-0.39, 0.29) is 5.75 Å². The first-order chi connectivity index (χ1) is 12.0. The number of rotatable bonds is 11. The van der Waals surface area contributed by atoms with Crippen LogP contribution in [0.15, 0.2) is 0 Å². The third kappa shape index (κ3) is 8.64. The first-order valence-corrected chi connectivity index (χ1v) is 7.99. The van der Waals surface area contributed by atoms with E-state index in [1.807, 2.05) is 0 Å².